The first-order valence-electron chi connectivity index (χ1n) is 5.52. The van der Waals surface area contributed by atoms with E-state index < -0.39 is 5.60 Å². The Hall–Kier alpha value is -0.320. The SMILES string of the molecule is COCC(Cl)CN(C)C(=O)C1(C)CCCO1. The number of alkyl halides is 1. The third-order valence-electron chi connectivity index (χ3n) is 2.84. The molecule has 1 aliphatic heterocycles. The number of nitrogens with zero attached hydrogens (tertiary/aromatic N) is 1. The second-order valence-electron chi connectivity index (χ2n) is 4.42. The summed E-state index contributed by atoms with van der Waals surface area (Å²) < 4.78 is 10.4. The van der Waals surface area contributed by atoms with E-state index in [-0.39, 0.29) is 11.3 Å². The van der Waals surface area contributed by atoms with E-state index in [1.807, 2.05) is 6.92 Å². The Morgan fingerprint density at radius 1 is 1.69 bits per heavy atom. The Balaban J connectivity index is 2.46. The third kappa shape index (κ3) is 3.34. The summed E-state index contributed by atoms with van der Waals surface area (Å²) in [5.74, 6) is 0.00625. The van der Waals surface area contributed by atoms with Gasteiger partial charge in [0.2, 0.25) is 0 Å². The molecule has 2 unspecified atom stereocenters. The summed E-state index contributed by atoms with van der Waals surface area (Å²) in [6.07, 6.45) is 1.73. The molecule has 1 heterocycles. The molecule has 0 aromatic rings. The van der Waals surface area contributed by atoms with Crippen LogP contribution in [0.5, 0.6) is 0 Å². The van der Waals surface area contributed by atoms with Crippen molar-refractivity contribution in [2.75, 3.05) is 33.9 Å². The van der Waals surface area contributed by atoms with Gasteiger partial charge in [-0.2, -0.15) is 0 Å². The second kappa shape index (κ2) is 5.84. The van der Waals surface area contributed by atoms with Gasteiger partial charge in [0.25, 0.3) is 5.91 Å². The second-order valence-corrected chi connectivity index (χ2v) is 5.04. The molecule has 2 atom stereocenters. The number of rotatable bonds is 5. The maximum Gasteiger partial charge on any atom is 0.254 e. The summed E-state index contributed by atoms with van der Waals surface area (Å²) in [4.78, 5) is 13.7. The van der Waals surface area contributed by atoms with Crippen molar-refractivity contribution < 1.29 is 14.3 Å². The van der Waals surface area contributed by atoms with Crippen molar-refractivity contribution in [2.45, 2.75) is 30.7 Å². The summed E-state index contributed by atoms with van der Waals surface area (Å²) in [6.45, 7) is 3.43. The highest BCUT2D eigenvalue weighted by atomic mass is 35.5. The Labute approximate surface area is 102 Å². The number of likely N-dealkylation sites (N-methyl/N-ethyl adjacent to an activating group) is 1. The highest BCUT2D eigenvalue weighted by Crippen LogP contribution is 2.27. The topological polar surface area (TPSA) is 38.8 Å². The molecule has 1 saturated heterocycles. The predicted octanol–water partition coefficient (Wildman–Crippen LogP) is 1.27. The molecule has 0 aromatic heterocycles. The van der Waals surface area contributed by atoms with Crippen LogP contribution < -0.4 is 0 Å². The van der Waals surface area contributed by atoms with Crippen molar-refractivity contribution in [1.82, 2.24) is 4.90 Å². The molecule has 0 spiro atoms. The summed E-state index contributed by atoms with van der Waals surface area (Å²) in [5.41, 5.74) is -0.654. The maximum absolute atomic E-state index is 12.1. The molecule has 0 N–H and O–H groups in total. The third-order valence-corrected chi connectivity index (χ3v) is 3.10. The van der Waals surface area contributed by atoms with Gasteiger partial charge in [0.15, 0.2) is 0 Å². The first-order chi connectivity index (χ1) is 7.49. The minimum Gasteiger partial charge on any atom is -0.383 e. The molecule has 0 saturated carbocycles. The van der Waals surface area contributed by atoms with E-state index in [9.17, 15) is 4.79 Å². The molecule has 16 heavy (non-hydrogen) atoms. The largest absolute Gasteiger partial charge is 0.383 e. The number of halogens is 1. The lowest BCUT2D eigenvalue weighted by Crippen LogP contribution is -2.47. The van der Waals surface area contributed by atoms with Crippen LogP contribution in [-0.2, 0) is 14.3 Å². The lowest BCUT2D eigenvalue weighted by Gasteiger charge is -2.29. The lowest BCUT2D eigenvalue weighted by atomic mass is 10.0. The van der Waals surface area contributed by atoms with Crippen molar-refractivity contribution in [3.63, 3.8) is 0 Å². The Morgan fingerprint density at radius 2 is 2.38 bits per heavy atom. The molecule has 5 heteroatoms. The molecule has 4 nitrogen and oxygen atoms in total. The van der Waals surface area contributed by atoms with Crippen LogP contribution in [0.25, 0.3) is 0 Å². The smallest absolute Gasteiger partial charge is 0.254 e. The summed E-state index contributed by atoms with van der Waals surface area (Å²) >= 11 is 6.01. The van der Waals surface area contributed by atoms with Crippen molar-refractivity contribution in [1.29, 1.82) is 0 Å². The van der Waals surface area contributed by atoms with Gasteiger partial charge in [0.1, 0.15) is 5.60 Å². The maximum atomic E-state index is 12.1. The number of hydrogen-bond donors (Lipinski definition) is 0. The molecule has 1 amide bonds. The van der Waals surface area contributed by atoms with Crippen LogP contribution >= 0.6 is 11.6 Å². The Morgan fingerprint density at radius 3 is 2.88 bits per heavy atom. The van der Waals surface area contributed by atoms with E-state index in [4.69, 9.17) is 21.1 Å². The summed E-state index contributed by atoms with van der Waals surface area (Å²) in [6, 6.07) is 0. The summed E-state index contributed by atoms with van der Waals surface area (Å²) in [5, 5.41) is -0.177. The highest BCUT2D eigenvalue weighted by molar-refractivity contribution is 6.21. The van der Waals surface area contributed by atoms with Gasteiger partial charge in [-0.15, -0.1) is 11.6 Å². The lowest BCUT2D eigenvalue weighted by molar-refractivity contribution is -0.149. The zero-order valence-corrected chi connectivity index (χ0v) is 10.9. The van der Waals surface area contributed by atoms with Crippen molar-refractivity contribution >= 4 is 17.5 Å². The van der Waals surface area contributed by atoms with Gasteiger partial charge in [-0.3, -0.25) is 4.79 Å². The monoisotopic (exact) mass is 249 g/mol. The van der Waals surface area contributed by atoms with Gasteiger partial charge in [0, 0.05) is 27.3 Å². The van der Waals surface area contributed by atoms with Crippen LogP contribution in [0.3, 0.4) is 0 Å². The van der Waals surface area contributed by atoms with E-state index in [0.29, 0.717) is 19.8 Å². The average Bonchev–Trinajstić information content (AvgIpc) is 2.65. The molecule has 1 fully saturated rings. The fraction of sp³-hybridized carbons (Fsp3) is 0.909. The first kappa shape index (κ1) is 13.7. The molecule has 0 aromatic carbocycles. The molecular weight excluding hydrogens is 230 g/mol. The van der Waals surface area contributed by atoms with Gasteiger partial charge in [-0.1, -0.05) is 0 Å². The van der Waals surface area contributed by atoms with E-state index in [1.54, 1.807) is 19.1 Å². The van der Waals surface area contributed by atoms with E-state index in [1.165, 1.54) is 0 Å². The van der Waals surface area contributed by atoms with Crippen LogP contribution in [0.2, 0.25) is 0 Å². The summed E-state index contributed by atoms with van der Waals surface area (Å²) in [7, 11) is 3.35. The fourth-order valence-electron chi connectivity index (χ4n) is 1.97. The zero-order chi connectivity index (χ0) is 12.2. The first-order valence-corrected chi connectivity index (χ1v) is 5.96. The Bertz CT molecular complexity index is 241. The van der Waals surface area contributed by atoms with Crippen LogP contribution in [0, 0.1) is 0 Å². The minimum absolute atomic E-state index is 0.00625. The van der Waals surface area contributed by atoms with Crippen LogP contribution in [0.1, 0.15) is 19.8 Å². The molecule has 0 aliphatic carbocycles. The molecule has 0 bridgehead atoms. The minimum atomic E-state index is -0.654. The van der Waals surface area contributed by atoms with E-state index in [0.717, 1.165) is 12.8 Å². The van der Waals surface area contributed by atoms with Gasteiger partial charge in [-0.25, -0.2) is 0 Å². The standard InChI is InChI=1S/C11H20ClNO3/c1-11(5-4-6-16-11)10(14)13(2)7-9(12)8-15-3/h9H,4-8H2,1-3H3. The highest BCUT2D eigenvalue weighted by Gasteiger charge is 2.39. The zero-order valence-electron chi connectivity index (χ0n) is 10.2. The van der Waals surface area contributed by atoms with Gasteiger partial charge in [0.05, 0.1) is 12.0 Å². The van der Waals surface area contributed by atoms with E-state index in [2.05, 4.69) is 0 Å². The number of amides is 1. The number of hydrogen-bond acceptors (Lipinski definition) is 3. The van der Waals surface area contributed by atoms with Crippen LogP contribution in [0.15, 0.2) is 0 Å². The van der Waals surface area contributed by atoms with Gasteiger partial charge >= 0.3 is 0 Å². The van der Waals surface area contributed by atoms with Crippen molar-refractivity contribution in [3.05, 3.63) is 0 Å². The fourth-order valence-corrected chi connectivity index (χ4v) is 2.30. The predicted molar refractivity (Wildman–Crippen MR) is 62.7 cm³/mol. The average molecular weight is 250 g/mol. The number of methoxy groups -OCH3 is 1. The number of ether oxygens (including phenoxy) is 2. The quantitative estimate of drug-likeness (QED) is 0.689. The molecule has 0 radical (unpaired) electrons. The Kier molecular flexibility index (Phi) is 5.02. The van der Waals surface area contributed by atoms with Crippen LogP contribution in [0.4, 0.5) is 0 Å². The van der Waals surface area contributed by atoms with Crippen molar-refractivity contribution in [2.24, 2.45) is 0 Å². The molecular formula is C11H20ClNO3. The molecule has 1 rings (SSSR count). The van der Waals surface area contributed by atoms with Crippen LogP contribution in [-0.4, -0.2) is 55.7 Å². The molecule has 1 aliphatic rings. The van der Waals surface area contributed by atoms with Gasteiger partial charge in [-0.05, 0) is 19.8 Å². The van der Waals surface area contributed by atoms with Gasteiger partial charge < -0.3 is 14.4 Å². The van der Waals surface area contributed by atoms with Crippen molar-refractivity contribution in [3.8, 4) is 0 Å². The molecule has 94 valence electrons. The normalized spacial score (nSPS) is 26.8. The number of carbonyl (C=O) groups is 1. The van der Waals surface area contributed by atoms with E-state index >= 15 is 0 Å². The number of carbonyl (C=O) groups excluding carboxylic acids is 1.